The van der Waals surface area contributed by atoms with Gasteiger partial charge < -0.3 is 20.9 Å². The number of nitrogens with one attached hydrogen (secondary N) is 4. The molecule has 2 atom stereocenters. The lowest BCUT2D eigenvalue weighted by molar-refractivity contribution is 0.589. The van der Waals surface area contributed by atoms with Crippen molar-refractivity contribution in [1.29, 1.82) is 0 Å². The zero-order valence-corrected chi connectivity index (χ0v) is 20.5. The molecular formula is C25H32BrN5. The van der Waals surface area contributed by atoms with Crippen LogP contribution in [-0.2, 0) is 0 Å². The highest BCUT2D eigenvalue weighted by molar-refractivity contribution is 9.11. The smallest absolute Gasteiger partial charge is 0.123 e. The number of rotatable bonds is 8. The quantitative estimate of drug-likeness (QED) is 0.342. The Bertz CT molecular complexity index is 1040. The van der Waals surface area contributed by atoms with Crippen LogP contribution in [0.2, 0.25) is 0 Å². The standard InChI is InChI=1S/C25H32BrN5/c1-15-14-21(25-29-19(5)24(31-25)12-10-16(2)26)11-13-22(15)27-17(3)8-7-9-23-18(4)28-20(6)30-23/h7,9-14,17,25,27,29,31H,2,8H2,1,3-6H3,(H,28,30)/b9-7-,12-10-. The second kappa shape index (κ2) is 10.1. The summed E-state index contributed by atoms with van der Waals surface area (Å²) in [5, 5.41) is 10.7. The Kier molecular flexibility index (Phi) is 7.44. The maximum Gasteiger partial charge on any atom is 0.123 e. The molecule has 0 radical (unpaired) electrons. The molecule has 0 saturated carbocycles. The number of hydrogen-bond acceptors (Lipinski definition) is 4. The van der Waals surface area contributed by atoms with Crippen LogP contribution in [0.4, 0.5) is 5.69 Å². The molecule has 1 aliphatic rings. The molecule has 1 aliphatic heterocycles. The highest BCUT2D eigenvalue weighted by atomic mass is 79.9. The van der Waals surface area contributed by atoms with Crippen molar-refractivity contribution in [2.24, 2.45) is 0 Å². The van der Waals surface area contributed by atoms with Gasteiger partial charge in [-0.1, -0.05) is 40.7 Å². The minimum atomic E-state index is 0.0666. The van der Waals surface area contributed by atoms with Crippen LogP contribution in [0.25, 0.3) is 6.08 Å². The molecule has 5 nitrogen and oxygen atoms in total. The largest absolute Gasteiger partial charge is 0.382 e. The molecule has 2 aromatic rings. The monoisotopic (exact) mass is 481 g/mol. The van der Waals surface area contributed by atoms with E-state index in [0.29, 0.717) is 6.04 Å². The minimum absolute atomic E-state index is 0.0666. The molecule has 0 fully saturated rings. The van der Waals surface area contributed by atoms with Crippen molar-refractivity contribution in [2.75, 3.05) is 5.32 Å². The first-order valence-electron chi connectivity index (χ1n) is 10.6. The van der Waals surface area contributed by atoms with Gasteiger partial charge in [-0.3, -0.25) is 0 Å². The van der Waals surface area contributed by atoms with Gasteiger partial charge in [0.1, 0.15) is 12.0 Å². The number of aryl methyl sites for hydroxylation is 3. The molecule has 0 spiro atoms. The molecule has 31 heavy (non-hydrogen) atoms. The summed E-state index contributed by atoms with van der Waals surface area (Å²) >= 11 is 3.36. The molecule has 6 heteroatoms. The summed E-state index contributed by atoms with van der Waals surface area (Å²) in [6, 6.07) is 6.89. The van der Waals surface area contributed by atoms with Crippen LogP contribution in [0.15, 0.2) is 58.9 Å². The van der Waals surface area contributed by atoms with Gasteiger partial charge in [0, 0.05) is 27.6 Å². The first kappa shape index (κ1) is 22.9. The van der Waals surface area contributed by atoms with E-state index in [1.54, 1.807) is 0 Å². The van der Waals surface area contributed by atoms with Crippen molar-refractivity contribution in [2.45, 2.75) is 53.2 Å². The van der Waals surface area contributed by atoms with Gasteiger partial charge in [0.2, 0.25) is 0 Å². The van der Waals surface area contributed by atoms with E-state index in [1.165, 1.54) is 11.1 Å². The van der Waals surface area contributed by atoms with Crippen molar-refractivity contribution < 1.29 is 0 Å². The number of benzene rings is 1. The number of H-pyrrole nitrogens is 1. The van der Waals surface area contributed by atoms with E-state index in [2.05, 4.69) is 106 Å². The fourth-order valence-corrected chi connectivity index (χ4v) is 3.77. The molecule has 2 unspecified atom stereocenters. The number of imidazole rings is 1. The lowest BCUT2D eigenvalue weighted by atomic mass is 10.1. The van der Waals surface area contributed by atoms with Crippen molar-refractivity contribution >= 4 is 27.7 Å². The number of nitrogens with zero attached hydrogens (tertiary/aromatic N) is 1. The molecule has 0 bridgehead atoms. The second-order valence-electron chi connectivity index (χ2n) is 8.13. The summed E-state index contributed by atoms with van der Waals surface area (Å²) in [5.41, 5.74) is 7.92. The number of halogens is 1. The average Bonchev–Trinajstić information content (AvgIpc) is 3.22. The molecule has 1 aromatic heterocycles. The van der Waals surface area contributed by atoms with Gasteiger partial charge >= 0.3 is 0 Å². The van der Waals surface area contributed by atoms with Crippen LogP contribution in [0.3, 0.4) is 0 Å². The van der Waals surface area contributed by atoms with Crippen molar-refractivity contribution in [3.05, 3.63) is 87.2 Å². The highest BCUT2D eigenvalue weighted by Crippen LogP contribution is 2.26. The maximum atomic E-state index is 4.49. The van der Waals surface area contributed by atoms with Gasteiger partial charge in [0.05, 0.1) is 11.4 Å². The van der Waals surface area contributed by atoms with Gasteiger partial charge in [0.25, 0.3) is 0 Å². The molecule has 1 aromatic carbocycles. The van der Waals surface area contributed by atoms with E-state index in [0.717, 1.165) is 45.2 Å². The summed E-state index contributed by atoms with van der Waals surface area (Å²) in [6.07, 6.45) is 9.24. The van der Waals surface area contributed by atoms with E-state index in [9.17, 15) is 0 Å². The Labute approximate surface area is 194 Å². The third kappa shape index (κ3) is 6.14. The fourth-order valence-electron chi connectivity index (χ4n) is 3.63. The summed E-state index contributed by atoms with van der Waals surface area (Å²) in [5.74, 6) is 0.951. The molecule has 4 N–H and O–H groups in total. The van der Waals surface area contributed by atoms with Gasteiger partial charge in [0.15, 0.2) is 0 Å². The lowest BCUT2D eigenvalue weighted by Gasteiger charge is -2.19. The fraction of sp³-hybridized carbons (Fsp3) is 0.320. The predicted molar refractivity (Wildman–Crippen MR) is 135 cm³/mol. The van der Waals surface area contributed by atoms with Crippen LogP contribution in [0.1, 0.15) is 54.8 Å². The summed E-state index contributed by atoms with van der Waals surface area (Å²) in [6.45, 7) is 14.3. The highest BCUT2D eigenvalue weighted by Gasteiger charge is 2.20. The van der Waals surface area contributed by atoms with E-state index in [-0.39, 0.29) is 6.17 Å². The zero-order chi connectivity index (χ0) is 22.5. The van der Waals surface area contributed by atoms with E-state index >= 15 is 0 Å². The maximum absolute atomic E-state index is 4.49. The Hall–Kier alpha value is -2.73. The third-order valence-electron chi connectivity index (χ3n) is 5.29. The van der Waals surface area contributed by atoms with E-state index < -0.39 is 0 Å². The number of anilines is 1. The summed E-state index contributed by atoms with van der Waals surface area (Å²) in [4.78, 5) is 7.73. The van der Waals surface area contributed by atoms with Crippen LogP contribution < -0.4 is 16.0 Å². The molecule has 0 aliphatic carbocycles. The van der Waals surface area contributed by atoms with Crippen LogP contribution in [0, 0.1) is 20.8 Å². The van der Waals surface area contributed by atoms with Crippen molar-refractivity contribution in [3.8, 4) is 0 Å². The molecular weight excluding hydrogens is 450 g/mol. The average molecular weight is 482 g/mol. The Morgan fingerprint density at radius 2 is 2.00 bits per heavy atom. The number of hydrogen-bond donors (Lipinski definition) is 4. The van der Waals surface area contributed by atoms with Crippen LogP contribution >= 0.6 is 15.9 Å². The van der Waals surface area contributed by atoms with Crippen LogP contribution in [0.5, 0.6) is 0 Å². The molecule has 0 amide bonds. The Morgan fingerprint density at radius 3 is 2.65 bits per heavy atom. The van der Waals surface area contributed by atoms with Crippen molar-refractivity contribution in [3.63, 3.8) is 0 Å². The zero-order valence-electron chi connectivity index (χ0n) is 18.9. The predicted octanol–water partition coefficient (Wildman–Crippen LogP) is 6.13. The SMILES string of the molecule is C=C(Br)/C=C\C1=C(C)NC(c2ccc(NC(C)C/C=C\c3nc(C)[nH]c3C)c(C)c2)N1. The lowest BCUT2D eigenvalue weighted by Crippen LogP contribution is -2.23. The number of allylic oxidation sites excluding steroid dienone is 4. The van der Waals surface area contributed by atoms with Gasteiger partial charge in [-0.25, -0.2) is 4.98 Å². The third-order valence-corrected chi connectivity index (χ3v) is 5.55. The Balaban J connectivity index is 1.58. The molecule has 164 valence electrons. The summed E-state index contributed by atoms with van der Waals surface area (Å²) < 4.78 is 0.850. The molecule has 3 rings (SSSR count). The second-order valence-corrected chi connectivity index (χ2v) is 9.15. The molecule has 2 heterocycles. The van der Waals surface area contributed by atoms with Crippen LogP contribution in [-0.4, -0.2) is 16.0 Å². The van der Waals surface area contributed by atoms with Gasteiger partial charge in [-0.2, -0.15) is 0 Å². The summed E-state index contributed by atoms with van der Waals surface area (Å²) in [7, 11) is 0. The normalized spacial score (nSPS) is 17.3. The molecule has 0 saturated heterocycles. The van der Waals surface area contributed by atoms with Gasteiger partial charge in [-0.15, -0.1) is 0 Å². The van der Waals surface area contributed by atoms with Gasteiger partial charge in [-0.05, 0) is 76.5 Å². The van der Waals surface area contributed by atoms with E-state index in [4.69, 9.17) is 0 Å². The number of aromatic nitrogens is 2. The Morgan fingerprint density at radius 1 is 1.23 bits per heavy atom. The number of aromatic amines is 1. The first-order chi connectivity index (χ1) is 14.7. The topological polar surface area (TPSA) is 64.8 Å². The van der Waals surface area contributed by atoms with E-state index in [1.807, 2.05) is 19.1 Å². The first-order valence-corrected chi connectivity index (χ1v) is 11.4. The van der Waals surface area contributed by atoms with Crippen molar-refractivity contribution in [1.82, 2.24) is 20.6 Å². The minimum Gasteiger partial charge on any atom is -0.382 e.